The van der Waals surface area contributed by atoms with Gasteiger partial charge in [-0.1, -0.05) is 6.92 Å². The van der Waals surface area contributed by atoms with E-state index in [0.717, 1.165) is 29.5 Å². The molecule has 0 radical (unpaired) electrons. The Kier molecular flexibility index (Phi) is 3.30. The van der Waals surface area contributed by atoms with E-state index < -0.39 is 0 Å². The molecular weight excluding hydrogens is 307 g/mol. The van der Waals surface area contributed by atoms with Gasteiger partial charge < -0.3 is 0 Å². The maximum Gasteiger partial charge on any atom is 0.168 e. The van der Waals surface area contributed by atoms with Crippen LogP contribution in [0.3, 0.4) is 0 Å². The lowest BCUT2D eigenvalue weighted by Crippen LogP contribution is -2.02. The van der Waals surface area contributed by atoms with Gasteiger partial charge in [-0.25, -0.2) is 13.9 Å². The lowest BCUT2D eigenvalue weighted by atomic mass is 10.1. The van der Waals surface area contributed by atoms with E-state index in [1.807, 2.05) is 13.0 Å². The van der Waals surface area contributed by atoms with Crippen LogP contribution in [0.5, 0.6) is 0 Å². The quantitative estimate of drug-likeness (QED) is 0.542. The first-order valence-corrected chi connectivity index (χ1v) is 7.58. The van der Waals surface area contributed by atoms with Gasteiger partial charge in [0.1, 0.15) is 11.5 Å². The van der Waals surface area contributed by atoms with E-state index in [-0.39, 0.29) is 5.82 Å². The third-order valence-electron chi connectivity index (χ3n) is 4.00. The Morgan fingerprint density at radius 2 is 2.08 bits per heavy atom. The minimum Gasteiger partial charge on any atom is -0.296 e. The van der Waals surface area contributed by atoms with Crippen LogP contribution in [0, 0.1) is 5.82 Å². The van der Waals surface area contributed by atoms with E-state index in [1.54, 1.807) is 29.0 Å². The fourth-order valence-electron chi connectivity index (χ4n) is 2.81. The highest BCUT2D eigenvalue weighted by molar-refractivity contribution is 5.87. The van der Waals surface area contributed by atoms with Crippen LogP contribution in [-0.2, 0) is 6.42 Å². The average Bonchev–Trinajstić information content (AvgIpc) is 3.04. The van der Waals surface area contributed by atoms with E-state index in [4.69, 9.17) is 0 Å². The Bertz CT molecular complexity index is 1090. The predicted molar refractivity (Wildman–Crippen MR) is 88.4 cm³/mol. The molecule has 0 aliphatic rings. The highest BCUT2D eigenvalue weighted by Crippen LogP contribution is 2.27. The number of aryl methyl sites for hydroxylation is 1. The molecule has 0 saturated carbocycles. The van der Waals surface area contributed by atoms with Gasteiger partial charge in [-0.15, -0.1) is 0 Å². The van der Waals surface area contributed by atoms with E-state index in [0.29, 0.717) is 22.2 Å². The molecule has 118 valence electrons. The molecule has 24 heavy (non-hydrogen) atoms. The standard InChI is InChI=1S/C18H13FN4O/c1-2-15-7-14(10-24)22-18-16(9-21-23(15)18)12-5-11-6-13(19)3-4-17(11)20-8-12/h3-10H,2H2,1H3. The Labute approximate surface area is 136 Å². The summed E-state index contributed by atoms with van der Waals surface area (Å²) in [5.74, 6) is -0.309. The highest BCUT2D eigenvalue weighted by atomic mass is 19.1. The Morgan fingerprint density at radius 1 is 1.21 bits per heavy atom. The first-order valence-electron chi connectivity index (χ1n) is 7.58. The second-order valence-corrected chi connectivity index (χ2v) is 5.50. The maximum atomic E-state index is 13.5. The van der Waals surface area contributed by atoms with Crippen LogP contribution in [0.4, 0.5) is 4.39 Å². The van der Waals surface area contributed by atoms with Gasteiger partial charge in [0.15, 0.2) is 11.9 Å². The molecule has 3 aromatic heterocycles. The summed E-state index contributed by atoms with van der Waals surface area (Å²) in [6.45, 7) is 1.99. The third kappa shape index (κ3) is 2.23. The number of pyridine rings is 1. The third-order valence-corrected chi connectivity index (χ3v) is 4.00. The molecule has 0 aliphatic carbocycles. The van der Waals surface area contributed by atoms with Gasteiger partial charge in [0.05, 0.1) is 11.7 Å². The van der Waals surface area contributed by atoms with Crippen molar-refractivity contribution in [2.24, 2.45) is 0 Å². The molecule has 0 saturated heterocycles. The minimum atomic E-state index is -0.309. The fourth-order valence-corrected chi connectivity index (χ4v) is 2.81. The lowest BCUT2D eigenvalue weighted by Gasteiger charge is -2.05. The van der Waals surface area contributed by atoms with Crippen molar-refractivity contribution in [3.8, 4) is 11.1 Å². The number of benzene rings is 1. The smallest absolute Gasteiger partial charge is 0.168 e. The number of nitrogens with zero attached hydrogens (tertiary/aromatic N) is 4. The van der Waals surface area contributed by atoms with Crippen LogP contribution >= 0.6 is 0 Å². The summed E-state index contributed by atoms with van der Waals surface area (Å²) in [5.41, 5.74) is 4.10. The topological polar surface area (TPSA) is 60.2 Å². The second kappa shape index (κ2) is 5.49. The van der Waals surface area contributed by atoms with E-state index in [9.17, 15) is 9.18 Å². The summed E-state index contributed by atoms with van der Waals surface area (Å²) >= 11 is 0. The van der Waals surface area contributed by atoms with Crippen LogP contribution in [-0.4, -0.2) is 25.9 Å². The molecule has 6 heteroatoms. The maximum absolute atomic E-state index is 13.5. The summed E-state index contributed by atoms with van der Waals surface area (Å²) in [6, 6.07) is 8.05. The second-order valence-electron chi connectivity index (χ2n) is 5.50. The number of rotatable bonds is 3. The molecule has 0 amide bonds. The lowest BCUT2D eigenvalue weighted by molar-refractivity contribution is 0.111. The molecule has 0 aliphatic heterocycles. The summed E-state index contributed by atoms with van der Waals surface area (Å²) in [6.07, 6.45) is 4.85. The predicted octanol–water partition coefficient (Wildman–Crippen LogP) is 3.46. The normalized spacial score (nSPS) is 11.2. The molecule has 0 unspecified atom stereocenters. The largest absolute Gasteiger partial charge is 0.296 e. The summed E-state index contributed by atoms with van der Waals surface area (Å²) in [5, 5.41) is 5.08. The summed E-state index contributed by atoms with van der Waals surface area (Å²) in [4.78, 5) is 19.9. The number of fused-ring (bicyclic) bond motifs is 2. The fraction of sp³-hybridized carbons (Fsp3) is 0.111. The monoisotopic (exact) mass is 320 g/mol. The number of aldehydes is 1. The van der Waals surface area contributed by atoms with Crippen LogP contribution < -0.4 is 0 Å². The average molecular weight is 320 g/mol. The number of hydrogen-bond acceptors (Lipinski definition) is 4. The number of carbonyl (C=O) groups excluding carboxylic acids is 1. The molecule has 0 atom stereocenters. The number of hydrogen-bond donors (Lipinski definition) is 0. The minimum absolute atomic E-state index is 0.309. The molecule has 3 heterocycles. The number of aromatic nitrogens is 4. The van der Waals surface area contributed by atoms with Gasteiger partial charge in [-0.05, 0) is 36.8 Å². The summed E-state index contributed by atoms with van der Waals surface area (Å²) < 4.78 is 15.2. The first-order chi connectivity index (χ1) is 11.7. The Hall–Kier alpha value is -3.15. The van der Waals surface area contributed by atoms with E-state index in [2.05, 4.69) is 15.1 Å². The molecule has 0 fully saturated rings. The number of halogens is 1. The van der Waals surface area contributed by atoms with Crippen molar-refractivity contribution in [3.63, 3.8) is 0 Å². The van der Waals surface area contributed by atoms with Crippen molar-refractivity contribution in [1.82, 2.24) is 19.6 Å². The zero-order chi connectivity index (χ0) is 16.7. The van der Waals surface area contributed by atoms with Gasteiger partial charge in [-0.3, -0.25) is 9.78 Å². The number of carbonyl (C=O) groups is 1. The van der Waals surface area contributed by atoms with Crippen molar-refractivity contribution in [2.75, 3.05) is 0 Å². The van der Waals surface area contributed by atoms with Gasteiger partial charge in [-0.2, -0.15) is 5.10 Å². The zero-order valence-electron chi connectivity index (χ0n) is 12.9. The molecule has 4 rings (SSSR count). The van der Waals surface area contributed by atoms with Gasteiger partial charge >= 0.3 is 0 Å². The van der Waals surface area contributed by atoms with Gasteiger partial charge in [0.2, 0.25) is 0 Å². The molecule has 0 bridgehead atoms. The van der Waals surface area contributed by atoms with Crippen LogP contribution in [0.1, 0.15) is 23.1 Å². The van der Waals surface area contributed by atoms with Crippen LogP contribution in [0.25, 0.3) is 27.7 Å². The van der Waals surface area contributed by atoms with Crippen molar-refractivity contribution in [1.29, 1.82) is 0 Å². The molecule has 4 aromatic rings. The Balaban J connectivity index is 1.97. The first kappa shape index (κ1) is 14.4. The molecule has 0 spiro atoms. The zero-order valence-corrected chi connectivity index (χ0v) is 12.9. The van der Waals surface area contributed by atoms with Crippen molar-refractivity contribution < 1.29 is 9.18 Å². The molecule has 5 nitrogen and oxygen atoms in total. The van der Waals surface area contributed by atoms with Crippen molar-refractivity contribution in [3.05, 3.63) is 59.9 Å². The van der Waals surface area contributed by atoms with Gasteiger partial charge in [0.25, 0.3) is 0 Å². The highest BCUT2D eigenvalue weighted by Gasteiger charge is 2.13. The van der Waals surface area contributed by atoms with Crippen LogP contribution in [0.2, 0.25) is 0 Å². The Morgan fingerprint density at radius 3 is 2.88 bits per heavy atom. The molecule has 1 aromatic carbocycles. The molecule has 0 N–H and O–H groups in total. The van der Waals surface area contributed by atoms with Crippen molar-refractivity contribution in [2.45, 2.75) is 13.3 Å². The van der Waals surface area contributed by atoms with Gasteiger partial charge in [0, 0.05) is 28.4 Å². The van der Waals surface area contributed by atoms with Crippen LogP contribution in [0.15, 0.2) is 42.7 Å². The van der Waals surface area contributed by atoms with E-state index in [1.165, 1.54) is 12.1 Å². The van der Waals surface area contributed by atoms with E-state index >= 15 is 0 Å². The summed E-state index contributed by atoms with van der Waals surface area (Å²) in [7, 11) is 0. The van der Waals surface area contributed by atoms with Crippen molar-refractivity contribution >= 4 is 22.8 Å². The SMILES string of the molecule is CCc1cc(C=O)nc2c(-c3cnc4ccc(F)cc4c3)cnn12. The molecular formula is C18H13FN4O.